The van der Waals surface area contributed by atoms with Crippen LogP contribution in [0.1, 0.15) is 0 Å². The number of benzene rings is 1. The number of nitrogens with zero attached hydrogens (tertiary/aromatic N) is 2. The lowest BCUT2D eigenvalue weighted by atomic mass is 10.0. The molecule has 3 heterocycles. The largest absolute Gasteiger partial charge is 0.504 e. The Morgan fingerprint density at radius 2 is 1.83 bits per heavy atom. The average molecular weight is 390 g/mol. The average Bonchev–Trinajstić information content (AvgIpc) is 3.17. The van der Waals surface area contributed by atoms with Crippen LogP contribution in [0.15, 0.2) is 55.0 Å². The number of rotatable bonds is 7. The Hall–Kier alpha value is -3.58. The molecule has 0 unspecified atom stereocenters. The number of aromatic hydroxyl groups is 1. The molecule has 0 fully saturated rings. The number of nitrogens with one attached hydrogen (secondary N) is 2. The van der Waals surface area contributed by atoms with Gasteiger partial charge in [0.1, 0.15) is 11.5 Å². The van der Waals surface area contributed by atoms with Crippen molar-refractivity contribution in [3.05, 3.63) is 55.0 Å². The number of H-pyrrole nitrogens is 1. The van der Waals surface area contributed by atoms with E-state index in [0.717, 1.165) is 39.1 Å². The van der Waals surface area contributed by atoms with Crippen LogP contribution < -0.4 is 10.1 Å². The van der Waals surface area contributed by atoms with E-state index in [1.807, 2.05) is 30.6 Å². The van der Waals surface area contributed by atoms with Crippen LogP contribution in [0.5, 0.6) is 11.5 Å². The van der Waals surface area contributed by atoms with Crippen molar-refractivity contribution in [1.82, 2.24) is 15.0 Å². The summed E-state index contributed by atoms with van der Waals surface area (Å²) in [6.45, 7) is 1.33. The molecule has 0 aliphatic heterocycles. The molecule has 3 N–H and O–H groups in total. The molecule has 0 amide bonds. The lowest BCUT2D eigenvalue weighted by molar-refractivity contribution is 0.210. The van der Waals surface area contributed by atoms with Crippen LogP contribution in [0.2, 0.25) is 0 Å². The van der Waals surface area contributed by atoms with Crippen molar-refractivity contribution < 1.29 is 14.6 Å². The third-order valence-corrected chi connectivity index (χ3v) is 4.73. The van der Waals surface area contributed by atoms with Crippen molar-refractivity contribution in [2.75, 3.05) is 32.7 Å². The highest BCUT2D eigenvalue weighted by Gasteiger charge is 2.11. The number of anilines is 1. The van der Waals surface area contributed by atoms with Gasteiger partial charge in [0, 0.05) is 54.3 Å². The summed E-state index contributed by atoms with van der Waals surface area (Å²) in [6, 6.07) is 11.3. The van der Waals surface area contributed by atoms with Crippen LogP contribution in [-0.4, -0.2) is 47.4 Å². The van der Waals surface area contributed by atoms with Gasteiger partial charge < -0.3 is 24.9 Å². The summed E-state index contributed by atoms with van der Waals surface area (Å²) in [6.07, 6.45) is 5.55. The van der Waals surface area contributed by atoms with Crippen LogP contribution in [0.4, 0.5) is 5.82 Å². The SMILES string of the molecule is COCCNc1ccc(-c2c[nH]c3ncc(-c4ccc(OC)c(O)c4)cc23)cn1. The van der Waals surface area contributed by atoms with Gasteiger partial charge in [-0.1, -0.05) is 6.07 Å². The molecule has 4 aromatic rings. The van der Waals surface area contributed by atoms with Gasteiger partial charge in [-0.05, 0) is 35.9 Å². The highest BCUT2D eigenvalue weighted by molar-refractivity contribution is 5.95. The van der Waals surface area contributed by atoms with Crippen molar-refractivity contribution in [2.45, 2.75) is 0 Å². The van der Waals surface area contributed by atoms with Gasteiger partial charge in [0.05, 0.1) is 13.7 Å². The Labute approximate surface area is 168 Å². The molecule has 0 aliphatic rings. The quantitative estimate of drug-likeness (QED) is 0.412. The minimum Gasteiger partial charge on any atom is -0.504 e. The molecule has 1 aromatic carbocycles. The number of pyridine rings is 2. The Kier molecular flexibility index (Phi) is 5.31. The molecule has 3 aromatic heterocycles. The molecule has 29 heavy (non-hydrogen) atoms. The van der Waals surface area contributed by atoms with E-state index in [9.17, 15) is 5.11 Å². The van der Waals surface area contributed by atoms with Gasteiger partial charge in [0.2, 0.25) is 0 Å². The molecule has 7 nitrogen and oxygen atoms in total. The molecule has 148 valence electrons. The van der Waals surface area contributed by atoms with Crippen LogP contribution in [0.25, 0.3) is 33.3 Å². The number of ether oxygens (including phenoxy) is 2. The summed E-state index contributed by atoms with van der Waals surface area (Å²) in [4.78, 5) is 12.2. The van der Waals surface area contributed by atoms with Gasteiger partial charge in [-0.3, -0.25) is 0 Å². The fourth-order valence-electron chi connectivity index (χ4n) is 3.21. The first kappa shape index (κ1) is 18.8. The summed E-state index contributed by atoms with van der Waals surface area (Å²) in [5, 5.41) is 14.3. The zero-order valence-electron chi connectivity index (χ0n) is 16.3. The van der Waals surface area contributed by atoms with Crippen molar-refractivity contribution in [1.29, 1.82) is 0 Å². The van der Waals surface area contributed by atoms with E-state index in [2.05, 4.69) is 26.3 Å². The Morgan fingerprint density at radius 3 is 2.55 bits per heavy atom. The molecule has 0 spiro atoms. The Balaban J connectivity index is 1.66. The van der Waals surface area contributed by atoms with Crippen molar-refractivity contribution in [2.24, 2.45) is 0 Å². The molecular weight excluding hydrogens is 368 g/mol. The predicted octanol–water partition coefficient (Wildman–Crippen LogP) is 4.06. The molecule has 0 radical (unpaired) electrons. The summed E-state index contributed by atoms with van der Waals surface area (Å²) in [5.41, 5.74) is 4.57. The van der Waals surface area contributed by atoms with E-state index >= 15 is 0 Å². The molecule has 7 heteroatoms. The number of aromatic nitrogens is 3. The standard InChI is InChI=1S/C22H22N4O3/c1-28-8-7-23-21-6-4-15(11-24-21)18-13-26-22-17(18)9-16(12-25-22)14-3-5-20(29-2)19(27)10-14/h3-6,9-13,27H,7-8H2,1-2H3,(H,23,24)(H,25,26). The van der Waals surface area contributed by atoms with Gasteiger partial charge in [-0.15, -0.1) is 0 Å². The molecule has 4 rings (SSSR count). The van der Waals surface area contributed by atoms with E-state index in [1.165, 1.54) is 7.11 Å². The van der Waals surface area contributed by atoms with E-state index in [-0.39, 0.29) is 5.75 Å². The van der Waals surface area contributed by atoms with Gasteiger partial charge in [0.25, 0.3) is 0 Å². The fourth-order valence-corrected chi connectivity index (χ4v) is 3.21. The smallest absolute Gasteiger partial charge is 0.160 e. The third-order valence-electron chi connectivity index (χ3n) is 4.73. The summed E-state index contributed by atoms with van der Waals surface area (Å²) in [7, 11) is 3.20. The van der Waals surface area contributed by atoms with E-state index in [0.29, 0.717) is 18.9 Å². The van der Waals surface area contributed by atoms with E-state index in [1.54, 1.807) is 25.4 Å². The molecule has 0 bridgehead atoms. The first-order valence-electron chi connectivity index (χ1n) is 9.23. The highest BCUT2D eigenvalue weighted by atomic mass is 16.5. The van der Waals surface area contributed by atoms with Gasteiger partial charge in [0.15, 0.2) is 11.5 Å². The molecule has 0 saturated carbocycles. The zero-order valence-corrected chi connectivity index (χ0v) is 16.3. The van der Waals surface area contributed by atoms with Crippen molar-refractivity contribution >= 4 is 16.9 Å². The van der Waals surface area contributed by atoms with Crippen molar-refractivity contribution in [3.8, 4) is 33.8 Å². The monoisotopic (exact) mass is 390 g/mol. The zero-order chi connectivity index (χ0) is 20.2. The second-order valence-corrected chi connectivity index (χ2v) is 6.56. The Bertz CT molecular complexity index is 1120. The van der Waals surface area contributed by atoms with Crippen molar-refractivity contribution in [3.63, 3.8) is 0 Å². The number of hydrogen-bond donors (Lipinski definition) is 3. The maximum atomic E-state index is 10.1. The van der Waals surface area contributed by atoms with E-state index < -0.39 is 0 Å². The third kappa shape index (κ3) is 3.86. The maximum Gasteiger partial charge on any atom is 0.160 e. The first-order valence-corrected chi connectivity index (χ1v) is 9.23. The molecule has 0 aliphatic carbocycles. The number of methoxy groups -OCH3 is 2. The number of phenols is 1. The van der Waals surface area contributed by atoms with Gasteiger partial charge in [-0.25, -0.2) is 9.97 Å². The van der Waals surface area contributed by atoms with Crippen LogP contribution in [0.3, 0.4) is 0 Å². The predicted molar refractivity (Wildman–Crippen MR) is 113 cm³/mol. The Morgan fingerprint density at radius 1 is 1.00 bits per heavy atom. The maximum absolute atomic E-state index is 10.1. The molecular formula is C22H22N4O3. The van der Waals surface area contributed by atoms with E-state index in [4.69, 9.17) is 9.47 Å². The lowest BCUT2D eigenvalue weighted by Crippen LogP contribution is -2.08. The van der Waals surface area contributed by atoms with Gasteiger partial charge in [-0.2, -0.15) is 0 Å². The topological polar surface area (TPSA) is 92.3 Å². The highest BCUT2D eigenvalue weighted by Crippen LogP contribution is 2.34. The summed E-state index contributed by atoms with van der Waals surface area (Å²) in [5.74, 6) is 1.34. The second kappa shape index (κ2) is 8.20. The first-order chi connectivity index (χ1) is 14.2. The van der Waals surface area contributed by atoms with Gasteiger partial charge >= 0.3 is 0 Å². The number of aromatic amines is 1. The molecule has 0 saturated heterocycles. The number of fused-ring (bicyclic) bond motifs is 1. The van der Waals surface area contributed by atoms with Crippen LogP contribution in [-0.2, 0) is 4.74 Å². The minimum atomic E-state index is 0.0974. The number of phenolic OH excluding ortho intramolecular Hbond substituents is 1. The minimum absolute atomic E-state index is 0.0974. The lowest BCUT2D eigenvalue weighted by Gasteiger charge is -2.07. The summed E-state index contributed by atoms with van der Waals surface area (Å²) < 4.78 is 10.2. The van der Waals surface area contributed by atoms with Crippen LogP contribution in [0, 0.1) is 0 Å². The fraction of sp³-hybridized carbons (Fsp3) is 0.182. The summed E-state index contributed by atoms with van der Waals surface area (Å²) >= 11 is 0. The second-order valence-electron chi connectivity index (χ2n) is 6.56. The van der Waals surface area contributed by atoms with Crippen LogP contribution >= 0.6 is 0 Å². The number of hydrogen-bond acceptors (Lipinski definition) is 6. The molecule has 0 atom stereocenters. The normalized spacial score (nSPS) is 11.0.